The van der Waals surface area contributed by atoms with E-state index in [9.17, 15) is 9.59 Å². The van der Waals surface area contributed by atoms with Gasteiger partial charge in [-0.05, 0) is 20.8 Å². The summed E-state index contributed by atoms with van der Waals surface area (Å²) < 4.78 is 21.4. The van der Waals surface area contributed by atoms with Gasteiger partial charge >= 0.3 is 0 Å². The lowest BCUT2D eigenvalue weighted by atomic mass is 10.2. The minimum Gasteiger partial charge on any atom is -0.497 e. The summed E-state index contributed by atoms with van der Waals surface area (Å²) in [5, 5.41) is 11.0. The molecule has 1 atom stereocenters. The lowest BCUT2D eigenvalue weighted by Crippen LogP contribution is -2.32. The number of ether oxygens (including phenoxy) is 4. The van der Waals surface area contributed by atoms with Gasteiger partial charge in [0.25, 0.3) is 5.91 Å². The third-order valence-corrected chi connectivity index (χ3v) is 4.91. The molecule has 11 heteroatoms. The van der Waals surface area contributed by atoms with Crippen LogP contribution < -0.4 is 24.3 Å². The lowest BCUT2D eigenvalue weighted by molar-refractivity contribution is -0.126. The molecule has 0 fully saturated rings. The van der Waals surface area contributed by atoms with Crippen molar-refractivity contribution in [3.8, 4) is 23.0 Å². The zero-order valence-corrected chi connectivity index (χ0v) is 20.4. The Balaban J connectivity index is 2.39. The van der Waals surface area contributed by atoms with Crippen LogP contribution in [-0.4, -0.2) is 45.2 Å². The molecule has 0 saturated carbocycles. The number of nitrogens with one attached hydrogen (secondary N) is 1. The van der Waals surface area contributed by atoms with Gasteiger partial charge in [-0.15, -0.1) is 0 Å². The van der Waals surface area contributed by atoms with Gasteiger partial charge in [-0.25, -0.2) is 0 Å². The predicted octanol–water partition coefficient (Wildman–Crippen LogP) is 5.49. The van der Waals surface area contributed by atoms with Gasteiger partial charge in [0.15, 0.2) is 11.5 Å². The van der Waals surface area contributed by atoms with Crippen molar-refractivity contribution in [2.45, 2.75) is 26.8 Å². The van der Waals surface area contributed by atoms with E-state index in [0.717, 1.165) is 0 Å². The van der Waals surface area contributed by atoms with Gasteiger partial charge in [-0.2, -0.15) is 10.2 Å². The number of amides is 1. The summed E-state index contributed by atoms with van der Waals surface area (Å²) in [5.41, 5.74) is 0.406. The molecule has 0 aliphatic heterocycles. The van der Waals surface area contributed by atoms with Crippen LogP contribution in [0.4, 0.5) is 11.4 Å². The first kappa shape index (κ1) is 26.2. The molecule has 178 valence electrons. The summed E-state index contributed by atoms with van der Waals surface area (Å²) in [4.78, 5) is 25.1. The van der Waals surface area contributed by atoms with E-state index in [4.69, 9.17) is 42.1 Å². The highest BCUT2D eigenvalue weighted by atomic mass is 35.5. The number of rotatable bonds is 11. The second-order valence-electron chi connectivity index (χ2n) is 6.53. The monoisotopic (exact) mass is 497 g/mol. The van der Waals surface area contributed by atoms with E-state index in [1.165, 1.54) is 27.2 Å². The minimum atomic E-state index is -1.46. The Kier molecular flexibility index (Phi) is 9.74. The Morgan fingerprint density at radius 1 is 1.00 bits per heavy atom. The van der Waals surface area contributed by atoms with Crippen LogP contribution in [0.1, 0.15) is 20.8 Å². The van der Waals surface area contributed by atoms with E-state index >= 15 is 0 Å². The zero-order chi connectivity index (χ0) is 24.5. The predicted molar refractivity (Wildman–Crippen MR) is 126 cm³/mol. The number of carbonyl (C=O) groups is 2. The highest BCUT2D eigenvalue weighted by Gasteiger charge is 2.25. The summed E-state index contributed by atoms with van der Waals surface area (Å²) >= 11 is 12.6. The molecule has 2 rings (SSSR count). The fourth-order valence-electron chi connectivity index (χ4n) is 2.74. The van der Waals surface area contributed by atoms with Crippen LogP contribution in [0.15, 0.2) is 34.5 Å². The average Bonchev–Trinajstić information content (AvgIpc) is 2.77. The van der Waals surface area contributed by atoms with Crippen molar-refractivity contribution in [1.29, 1.82) is 0 Å². The number of ketones is 1. The number of anilines is 1. The number of carbonyl (C=O) groups excluding carboxylic acids is 2. The van der Waals surface area contributed by atoms with Gasteiger partial charge in [0.1, 0.15) is 28.0 Å². The van der Waals surface area contributed by atoms with Crippen molar-refractivity contribution in [3.63, 3.8) is 0 Å². The fraction of sp³-hybridized carbons (Fsp3) is 0.364. The maximum atomic E-state index is 12.9. The maximum absolute atomic E-state index is 12.9. The molecule has 1 N–H and O–H groups in total. The van der Waals surface area contributed by atoms with Crippen molar-refractivity contribution in [3.05, 3.63) is 34.3 Å². The molecule has 0 radical (unpaired) electrons. The summed E-state index contributed by atoms with van der Waals surface area (Å²) in [7, 11) is 2.88. The van der Waals surface area contributed by atoms with E-state index < -0.39 is 17.7 Å². The molecule has 0 aliphatic rings. The Hall–Kier alpha value is -3.04. The van der Waals surface area contributed by atoms with E-state index in [1.54, 1.807) is 25.1 Å². The molecule has 33 heavy (non-hydrogen) atoms. The number of benzene rings is 2. The Morgan fingerprint density at radius 3 is 2.27 bits per heavy atom. The second-order valence-corrected chi connectivity index (χ2v) is 7.31. The van der Waals surface area contributed by atoms with Crippen LogP contribution in [0.2, 0.25) is 10.0 Å². The molecule has 0 aliphatic carbocycles. The number of halogens is 2. The van der Waals surface area contributed by atoms with Crippen LogP contribution in [0.5, 0.6) is 23.0 Å². The summed E-state index contributed by atoms with van der Waals surface area (Å²) in [6.07, 6.45) is 0. The number of methoxy groups -OCH3 is 2. The van der Waals surface area contributed by atoms with E-state index in [2.05, 4.69) is 15.5 Å². The highest BCUT2D eigenvalue weighted by molar-refractivity contribution is 6.35. The number of hydrogen-bond acceptors (Lipinski definition) is 8. The molecule has 1 unspecified atom stereocenters. The van der Waals surface area contributed by atoms with Crippen LogP contribution in [0.25, 0.3) is 0 Å². The number of azo groups is 1. The van der Waals surface area contributed by atoms with Crippen molar-refractivity contribution >= 4 is 46.3 Å². The van der Waals surface area contributed by atoms with E-state index in [-0.39, 0.29) is 32.9 Å². The number of nitrogens with zero attached hydrogens (tertiary/aromatic N) is 2. The van der Waals surface area contributed by atoms with Crippen LogP contribution in [0.3, 0.4) is 0 Å². The first-order chi connectivity index (χ1) is 15.7. The highest BCUT2D eigenvalue weighted by Crippen LogP contribution is 2.40. The molecular formula is C22H25Cl2N3O6. The molecule has 9 nitrogen and oxygen atoms in total. The first-order valence-corrected chi connectivity index (χ1v) is 10.7. The topological polar surface area (TPSA) is 108 Å². The Labute approximate surface area is 202 Å². The van der Waals surface area contributed by atoms with Crippen LogP contribution in [-0.2, 0) is 9.59 Å². The molecule has 1 amide bonds. The Morgan fingerprint density at radius 2 is 1.70 bits per heavy atom. The van der Waals surface area contributed by atoms with Gasteiger partial charge in [-0.3, -0.25) is 9.59 Å². The number of hydrogen-bond donors (Lipinski definition) is 1. The van der Waals surface area contributed by atoms with E-state index in [0.29, 0.717) is 24.7 Å². The third kappa shape index (κ3) is 6.72. The van der Waals surface area contributed by atoms with Crippen molar-refractivity contribution < 1.29 is 28.5 Å². The first-order valence-electron chi connectivity index (χ1n) is 9.98. The molecule has 0 saturated heterocycles. The van der Waals surface area contributed by atoms with Crippen LogP contribution >= 0.6 is 23.2 Å². The lowest BCUT2D eigenvalue weighted by Gasteiger charge is -2.15. The summed E-state index contributed by atoms with van der Waals surface area (Å²) in [5.74, 6) is 0.113. The fourth-order valence-corrected chi connectivity index (χ4v) is 3.23. The molecular weight excluding hydrogens is 473 g/mol. The van der Waals surface area contributed by atoms with Gasteiger partial charge in [-0.1, -0.05) is 23.2 Å². The molecule has 0 bridgehead atoms. The van der Waals surface area contributed by atoms with E-state index in [1.807, 2.05) is 6.92 Å². The minimum absolute atomic E-state index is 0.140. The Bertz CT molecular complexity index is 1050. The third-order valence-electron chi connectivity index (χ3n) is 4.24. The maximum Gasteiger partial charge on any atom is 0.258 e. The van der Waals surface area contributed by atoms with Crippen molar-refractivity contribution in [2.75, 3.05) is 32.8 Å². The summed E-state index contributed by atoms with van der Waals surface area (Å²) in [6.45, 7) is 5.56. The zero-order valence-electron chi connectivity index (χ0n) is 18.9. The quantitative estimate of drug-likeness (QED) is 0.324. The average molecular weight is 498 g/mol. The standard InChI is InChI=1S/C22H25Cl2N3O6/c1-6-32-14-8-15(23)21(33-7-2)17(10-14)26-27-20(12(3)28)22(29)25-16-9-13(30-4)11-18(31-5)19(16)24/h8-11,20H,6-7H2,1-5H3,(H,25,29). The second kappa shape index (κ2) is 12.3. The molecule has 0 aromatic heterocycles. The van der Waals surface area contributed by atoms with Crippen molar-refractivity contribution in [1.82, 2.24) is 0 Å². The molecule has 0 spiro atoms. The SMILES string of the molecule is CCOc1cc(Cl)c(OCC)c(N=NC(C(C)=O)C(=O)Nc2cc(OC)cc(OC)c2Cl)c1. The normalized spacial score (nSPS) is 11.7. The van der Waals surface area contributed by atoms with Gasteiger partial charge < -0.3 is 24.3 Å². The molecule has 0 heterocycles. The summed E-state index contributed by atoms with van der Waals surface area (Å²) in [6, 6.07) is 4.74. The van der Waals surface area contributed by atoms with Crippen molar-refractivity contribution in [2.24, 2.45) is 10.2 Å². The van der Waals surface area contributed by atoms with Gasteiger partial charge in [0.2, 0.25) is 6.04 Å². The van der Waals surface area contributed by atoms with Crippen LogP contribution in [0, 0.1) is 0 Å². The molecule has 2 aromatic rings. The van der Waals surface area contributed by atoms with Gasteiger partial charge in [0, 0.05) is 24.3 Å². The number of Topliss-reactive ketones (excluding diaryl/α,β-unsaturated/α-hetero) is 1. The molecule has 2 aromatic carbocycles. The van der Waals surface area contributed by atoms with Gasteiger partial charge in [0.05, 0.1) is 38.1 Å². The largest absolute Gasteiger partial charge is 0.497 e. The smallest absolute Gasteiger partial charge is 0.258 e.